The van der Waals surface area contributed by atoms with E-state index in [1.807, 2.05) is 0 Å². The molecule has 0 heterocycles. The molecule has 2 aromatic rings. The number of hydrogen-bond donors (Lipinski definition) is 0. The van der Waals surface area contributed by atoms with E-state index in [0.29, 0.717) is 11.1 Å². The van der Waals surface area contributed by atoms with E-state index in [0.717, 1.165) is 0 Å². The van der Waals surface area contributed by atoms with E-state index < -0.39 is 157 Å². The highest BCUT2D eigenvalue weighted by Crippen LogP contribution is 2.32. The Morgan fingerprint density at radius 1 is 0.518 bits per heavy atom. The van der Waals surface area contributed by atoms with Gasteiger partial charge in [-0.05, 0) is 44.2 Å². The summed E-state index contributed by atoms with van der Waals surface area (Å²) in [6, 6.07) is 17.5. The quantitative estimate of drug-likeness (QED) is 0.101. The first kappa shape index (κ1) is 53.1. The van der Waals surface area contributed by atoms with Gasteiger partial charge in [-0.2, -0.15) is 0 Å². The smallest absolute Gasteiger partial charge is 0.455 e. The van der Waals surface area contributed by atoms with Gasteiger partial charge in [0.25, 0.3) is 0 Å². The molecule has 2 rings (SSSR count). The van der Waals surface area contributed by atoms with Crippen LogP contribution in [0.1, 0.15) is 18.1 Å². The number of benzene rings is 2. The van der Waals surface area contributed by atoms with Crippen LogP contribution in [0.2, 0.25) is 26.2 Å². The molecule has 38 heteroatoms. The lowest BCUT2D eigenvalue weighted by Crippen LogP contribution is -2.56. The predicted octanol–water partition coefficient (Wildman–Crippen LogP) is -4.36. The highest BCUT2D eigenvalue weighted by molar-refractivity contribution is 7.81. The Morgan fingerprint density at radius 2 is 0.786 bits per heavy atom. The van der Waals surface area contributed by atoms with Crippen LogP contribution in [0.5, 0.6) is 0 Å². The fourth-order valence-electron chi connectivity index (χ4n) is 4.26. The molecule has 0 aromatic heterocycles. The zero-order valence-electron chi connectivity index (χ0n) is 29.8. The van der Waals surface area contributed by atoms with Gasteiger partial charge in [0.15, 0.2) is 8.32 Å². The van der Waals surface area contributed by atoms with E-state index >= 15 is 0 Å². The lowest BCUT2D eigenvalue weighted by Gasteiger charge is -2.31. The molecule has 2 aromatic carbocycles. The summed E-state index contributed by atoms with van der Waals surface area (Å²) in [7, 11) is -67.9. The van der Waals surface area contributed by atoms with Crippen molar-refractivity contribution in [2.24, 2.45) is 0 Å². The maximum Gasteiger partial charge on any atom is 0.549 e. The van der Waals surface area contributed by atoms with E-state index in [-0.39, 0.29) is 0 Å². The van der Waals surface area contributed by atoms with Crippen molar-refractivity contribution in [3.05, 3.63) is 71.8 Å². The summed E-state index contributed by atoms with van der Waals surface area (Å²) in [6.07, 6.45) is 0. The third-order valence-electron chi connectivity index (χ3n) is 6.99. The Kier molecular flexibility index (Phi) is 23.1. The molecule has 0 radical (unpaired) electrons. The van der Waals surface area contributed by atoms with E-state index in [4.69, 9.17) is 17.5 Å². The molecule has 0 fully saturated rings. The fourth-order valence-corrected chi connectivity index (χ4v) is 195. The minimum absolute atomic E-state index is 0.653. The summed E-state index contributed by atoms with van der Waals surface area (Å²) < 4.78 is 220. The molecule has 0 saturated heterocycles. The van der Waals surface area contributed by atoms with Crippen LogP contribution in [0.15, 0.2) is 60.7 Å². The summed E-state index contributed by atoms with van der Waals surface area (Å²) >= 11 is 0. The molecule has 56 heavy (non-hydrogen) atoms. The van der Waals surface area contributed by atoms with Gasteiger partial charge in [0, 0.05) is 0 Å². The molecule has 0 aliphatic rings. The van der Waals surface area contributed by atoms with Crippen molar-refractivity contribution in [1.29, 1.82) is 0 Å². The maximum absolute atomic E-state index is 13.1. The normalized spacial score (nSPS) is 11.4. The average molecular weight is 1080 g/mol. The Labute approximate surface area is 343 Å². The standard InChI is InChI=1S/C18H28O17Si18.O2Si/c1-18(16-12-8-6-9-13-16,17-14-10-7-11-15-17)34-36-38(19)40(21)42(23)44(25)46(27)48(29)50(31)52(33)51(32)49(30)47(28)45(26)43(24)41(22)39(20)37(2)35-53(3,4)5;1-3-2/h6-15,37H,36H2,1-5H3;. The van der Waals surface area contributed by atoms with Crippen LogP contribution in [0.25, 0.3) is 0 Å². The van der Waals surface area contributed by atoms with Gasteiger partial charge < -0.3 is 75.5 Å². The largest absolute Gasteiger partial charge is 0.549 e. The van der Waals surface area contributed by atoms with Crippen LogP contribution in [-0.2, 0) is 90.0 Å². The Morgan fingerprint density at radius 3 is 1.07 bits per heavy atom. The van der Waals surface area contributed by atoms with Gasteiger partial charge in [0.05, 0.1) is 0 Å². The molecule has 0 amide bonds. The lowest BCUT2D eigenvalue weighted by atomic mass is 9.88. The highest BCUT2D eigenvalue weighted by Gasteiger charge is 2.55. The second-order valence-corrected chi connectivity index (χ2v) is 98.1. The molecule has 0 saturated carbocycles. The first-order chi connectivity index (χ1) is 25.9. The summed E-state index contributed by atoms with van der Waals surface area (Å²) in [5.41, 5.74) is 0.137. The van der Waals surface area contributed by atoms with E-state index in [9.17, 15) is 66.9 Å². The van der Waals surface area contributed by atoms with Crippen molar-refractivity contribution >= 4 is 151 Å². The van der Waals surface area contributed by atoms with Crippen molar-refractivity contribution in [2.45, 2.75) is 38.7 Å². The highest BCUT2D eigenvalue weighted by atomic mass is 30.1. The summed E-state index contributed by atoms with van der Waals surface area (Å²) in [4.78, 5) is 0. The van der Waals surface area contributed by atoms with Crippen LogP contribution in [-0.4, -0.2) is 151 Å². The minimum Gasteiger partial charge on any atom is -0.455 e. The average Bonchev–Trinajstić information content (AvgIpc) is 3.18. The van der Waals surface area contributed by atoms with E-state index in [1.165, 1.54) is 6.55 Å². The minimum atomic E-state index is -4.27. The molecule has 0 aliphatic carbocycles. The molecule has 1 atom stereocenters. The first-order valence-corrected chi connectivity index (χ1v) is 61.1. The van der Waals surface area contributed by atoms with Crippen LogP contribution in [0, 0.1) is 0 Å². The van der Waals surface area contributed by atoms with Crippen molar-refractivity contribution < 1.29 is 84.4 Å². The van der Waals surface area contributed by atoms with Crippen LogP contribution in [0.3, 0.4) is 0 Å². The molecule has 290 valence electrons. The molecule has 1 unspecified atom stereocenters. The topological polar surface area (TPSA) is 309 Å². The molecule has 0 spiro atoms. The van der Waals surface area contributed by atoms with Gasteiger partial charge in [-0.25, -0.2) is 0 Å². The third-order valence-corrected chi connectivity index (χ3v) is 138. The fraction of sp³-hybridized carbons (Fsp3) is 0.333. The molecular weight excluding hydrogens is 1050 g/mol. The molecule has 0 aliphatic heterocycles. The third kappa shape index (κ3) is 15.0. The number of hydrogen-bond acceptors (Lipinski definition) is 19. The van der Waals surface area contributed by atoms with Crippen LogP contribution in [0.4, 0.5) is 0 Å². The van der Waals surface area contributed by atoms with Gasteiger partial charge >= 0.3 is 125 Å². The van der Waals surface area contributed by atoms with Crippen LogP contribution >= 0.6 is 0 Å². The van der Waals surface area contributed by atoms with Gasteiger partial charge in [-0.15, -0.1) is 0 Å². The van der Waals surface area contributed by atoms with Crippen molar-refractivity contribution in [3.63, 3.8) is 0 Å². The number of rotatable bonds is 22. The van der Waals surface area contributed by atoms with E-state index in [2.05, 4.69) is 0 Å². The van der Waals surface area contributed by atoms with Gasteiger partial charge in [0.1, 0.15) is 5.60 Å². The van der Waals surface area contributed by atoms with Crippen molar-refractivity contribution in [3.8, 4) is 0 Å². The second-order valence-electron chi connectivity index (χ2n) is 12.1. The molecule has 0 bridgehead atoms. The van der Waals surface area contributed by atoms with Gasteiger partial charge in [-0.3, -0.25) is 8.92 Å². The maximum atomic E-state index is 13.1. The first-order valence-electron chi connectivity index (χ1n) is 15.4. The summed E-state index contributed by atoms with van der Waals surface area (Å²) in [5, 5.41) is 0. The van der Waals surface area contributed by atoms with Gasteiger partial charge in [0.2, 0.25) is 17.8 Å². The Hall–Kier alpha value is -0.919. The Balaban J connectivity index is 0.00000505. The Bertz CT molecular complexity index is 2110. The predicted molar refractivity (Wildman–Crippen MR) is 210 cm³/mol. The van der Waals surface area contributed by atoms with E-state index in [1.54, 1.807) is 87.2 Å². The molecule has 19 nitrogen and oxygen atoms in total. The molecular formula is C18H28O19Si19. The summed E-state index contributed by atoms with van der Waals surface area (Å²) in [6.45, 7) is 8.39. The van der Waals surface area contributed by atoms with Crippen LogP contribution < -0.4 is 0 Å². The van der Waals surface area contributed by atoms with Crippen molar-refractivity contribution in [1.82, 2.24) is 0 Å². The lowest BCUT2D eigenvalue weighted by molar-refractivity contribution is 0.144. The zero-order chi connectivity index (χ0) is 43.3. The summed E-state index contributed by atoms with van der Waals surface area (Å²) in [5.74, 6) is 0. The molecule has 0 N–H and O–H groups in total. The SMILES string of the molecule is C[SiH](O[Si](C)(C)C)[Si](=O)[Si](=O)[Si](=O)[Si](=O)[Si](=O)[Si](=O)[Si](=O)[Si](=O)[Si](=O)[Si](=O)[Si](=O)[Si](=O)[Si](=O)[Si](=O)[Si](=O)[SiH2]OC(C)(c1ccccc1)c1ccccc1.O=[Si]=O. The monoisotopic (exact) mass is 1080 g/mol. The van der Waals surface area contributed by atoms with Crippen molar-refractivity contribution in [2.75, 3.05) is 0 Å². The van der Waals surface area contributed by atoms with Gasteiger partial charge in [-0.1, -0.05) is 60.7 Å². The zero-order valence-corrected chi connectivity index (χ0v) is 49.4. The second kappa shape index (κ2) is 24.4.